The molecular weight excluding hydrogens is 793 g/mol. The topological polar surface area (TPSA) is 0 Å². The maximum absolute atomic E-state index is 2.59. The van der Waals surface area contributed by atoms with Crippen molar-refractivity contribution in [3.05, 3.63) is 229 Å². The summed E-state index contributed by atoms with van der Waals surface area (Å²) in [4.78, 5) is 0. The summed E-state index contributed by atoms with van der Waals surface area (Å²) in [5.74, 6) is 0. The summed E-state index contributed by atoms with van der Waals surface area (Å²) < 4.78 is 0. The maximum Gasteiger partial charge on any atom is 0.0159 e. The SMILES string of the molecule is CC1(C)c2cc(-c3ccccc3)c3ccccc3c2-c2c1cc(-c1cc3c(c4ccccc14)-c1c(cc(-c4c5ccccc5cc5ccccc45)c4ccccc14)C3(C)C)c1ccccc21. The van der Waals surface area contributed by atoms with Crippen molar-refractivity contribution < 1.29 is 0 Å². The molecule has 310 valence electrons. The molecule has 14 rings (SSSR count). The molecule has 12 aromatic rings. The summed E-state index contributed by atoms with van der Waals surface area (Å²) in [6.45, 7) is 9.82. The Morgan fingerprint density at radius 2 is 0.515 bits per heavy atom. The number of benzene rings is 12. The van der Waals surface area contributed by atoms with E-state index in [1.54, 1.807) is 0 Å². The second kappa shape index (κ2) is 13.4. The van der Waals surface area contributed by atoms with E-state index in [4.69, 9.17) is 0 Å². The van der Waals surface area contributed by atoms with E-state index in [-0.39, 0.29) is 10.8 Å². The average molecular weight is 839 g/mol. The molecule has 0 atom stereocenters. The Labute approximate surface area is 385 Å². The van der Waals surface area contributed by atoms with Gasteiger partial charge >= 0.3 is 0 Å². The van der Waals surface area contributed by atoms with Gasteiger partial charge in [-0.05, 0) is 173 Å². The van der Waals surface area contributed by atoms with Crippen LogP contribution >= 0.6 is 0 Å². The highest BCUT2D eigenvalue weighted by molar-refractivity contribution is 6.23. The van der Waals surface area contributed by atoms with Crippen LogP contribution in [0.2, 0.25) is 0 Å². The highest BCUT2D eigenvalue weighted by Gasteiger charge is 2.42. The van der Waals surface area contributed by atoms with E-state index >= 15 is 0 Å². The zero-order chi connectivity index (χ0) is 44.1. The van der Waals surface area contributed by atoms with E-state index in [1.165, 1.54) is 143 Å². The van der Waals surface area contributed by atoms with Gasteiger partial charge in [0.05, 0.1) is 0 Å². The van der Waals surface area contributed by atoms with Crippen molar-refractivity contribution in [2.75, 3.05) is 0 Å². The Bertz CT molecular complexity index is 4030. The Kier molecular flexibility index (Phi) is 7.61. The molecule has 0 bridgehead atoms. The minimum absolute atomic E-state index is 0.236. The van der Waals surface area contributed by atoms with Gasteiger partial charge in [-0.25, -0.2) is 0 Å². The lowest BCUT2D eigenvalue weighted by Gasteiger charge is -2.26. The first kappa shape index (κ1) is 37.6. The van der Waals surface area contributed by atoms with Crippen LogP contribution in [0.25, 0.3) is 120 Å². The van der Waals surface area contributed by atoms with Gasteiger partial charge in [0.15, 0.2) is 0 Å². The van der Waals surface area contributed by atoms with Crippen molar-refractivity contribution in [2.24, 2.45) is 0 Å². The molecule has 0 saturated carbocycles. The van der Waals surface area contributed by atoms with Crippen molar-refractivity contribution in [3.8, 4) is 55.6 Å². The second-order valence-electron chi connectivity index (χ2n) is 19.9. The van der Waals surface area contributed by atoms with Crippen molar-refractivity contribution in [1.82, 2.24) is 0 Å². The van der Waals surface area contributed by atoms with Crippen LogP contribution < -0.4 is 0 Å². The average Bonchev–Trinajstić information content (AvgIpc) is 3.74. The summed E-state index contributed by atoms with van der Waals surface area (Å²) in [5, 5.41) is 15.6. The van der Waals surface area contributed by atoms with Gasteiger partial charge in [-0.15, -0.1) is 0 Å². The van der Waals surface area contributed by atoms with E-state index in [9.17, 15) is 0 Å². The van der Waals surface area contributed by atoms with Crippen molar-refractivity contribution in [3.63, 3.8) is 0 Å². The van der Waals surface area contributed by atoms with Gasteiger partial charge in [0.25, 0.3) is 0 Å². The fourth-order valence-electron chi connectivity index (χ4n) is 12.7. The largest absolute Gasteiger partial charge is 0.0622 e. The second-order valence-corrected chi connectivity index (χ2v) is 19.9. The van der Waals surface area contributed by atoms with Crippen molar-refractivity contribution in [1.29, 1.82) is 0 Å². The third-order valence-electron chi connectivity index (χ3n) is 15.8. The van der Waals surface area contributed by atoms with Crippen LogP contribution in [-0.4, -0.2) is 0 Å². The van der Waals surface area contributed by atoms with E-state index in [0.717, 1.165) is 0 Å². The highest BCUT2D eigenvalue weighted by atomic mass is 14.4. The molecule has 12 aromatic carbocycles. The zero-order valence-corrected chi connectivity index (χ0v) is 37.6. The highest BCUT2D eigenvalue weighted by Crippen LogP contribution is 2.60. The molecule has 0 amide bonds. The van der Waals surface area contributed by atoms with Crippen molar-refractivity contribution in [2.45, 2.75) is 38.5 Å². The minimum Gasteiger partial charge on any atom is -0.0622 e. The minimum atomic E-state index is -0.280. The van der Waals surface area contributed by atoms with Crippen LogP contribution in [0.5, 0.6) is 0 Å². The van der Waals surface area contributed by atoms with Crippen LogP contribution in [0.4, 0.5) is 0 Å². The van der Waals surface area contributed by atoms with Crippen LogP contribution in [0.3, 0.4) is 0 Å². The zero-order valence-electron chi connectivity index (χ0n) is 37.6. The van der Waals surface area contributed by atoms with E-state index in [2.05, 4.69) is 234 Å². The summed E-state index contributed by atoms with van der Waals surface area (Å²) in [6, 6.07) is 78.1. The first-order valence-corrected chi connectivity index (χ1v) is 23.5. The van der Waals surface area contributed by atoms with Gasteiger partial charge in [-0.3, -0.25) is 0 Å². The van der Waals surface area contributed by atoms with Gasteiger partial charge in [-0.2, -0.15) is 0 Å². The molecule has 0 saturated heterocycles. The van der Waals surface area contributed by atoms with E-state index < -0.39 is 0 Å². The molecule has 0 aromatic heterocycles. The van der Waals surface area contributed by atoms with Crippen molar-refractivity contribution >= 4 is 64.6 Å². The number of hydrogen-bond acceptors (Lipinski definition) is 0. The molecule has 0 fully saturated rings. The first-order valence-electron chi connectivity index (χ1n) is 23.5. The predicted octanol–water partition coefficient (Wildman–Crippen LogP) is 18.2. The Morgan fingerprint density at radius 1 is 0.227 bits per heavy atom. The molecule has 0 heterocycles. The van der Waals surface area contributed by atoms with Crippen LogP contribution in [0, 0.1) is 0 Å². The molecule has 66 heavy (non-hydrogen) atoms. The fraction of sp³-hybridized carbons (Fsp3) is 0.0909. The van der Waals surface area contributed by atoms with Gasteiger partial charge in [0.1, 0.15) is 0 Å². The molecule has 0 unspecified atom stereocenters. The summed E-state index contributed by atoms with van der Waals surface area (Å²) >= 11 is 0. The summed E-state index contributed by atoms with van der Waals surface area (Å²) in [5.41, 5.74) is 18.3. The molecule has 2 aliphatic rings. The Hall–Kier alpha value is -7.80. The predicted molar refractivity (Wildman–Crippen MR) is 283 cm³/mol. The monoisotopic (exact) mass is 838 g/mol. The molecule has 0 aliphatic heterocycles. The normalized spacial score (nSPS) is 14.3. The van der Waals surface area contributed by atoms with Crippen LogP contribution in [-0.2, 0) is 10.8 Å². The van der Waals surface area contributed by atoms with Crippen LogP contribution in [0.1, 0.15) is 49.9 Å². The van der Waals surface area contributed by atoms with Gasteiger partial charge < -0.3 is 0 Å². The smallest absolute Gasteiger partial charge is 0.0159 e. The van der Waals surface area contributed by atoms with E-state index in [0.29, 0.717) is 0 Å². The molecule has 0 N–H and O–H groups in total. The molecular formula is C66H46. The maximum atomic E-state index is 2.59. The fourth-order valence-corrected chi connectivity index (χ4v) is 12.7. The first-order chi connectivity index (χ1) is 32.3. The Balaban J connectivity index is 1.04. The third kappa shape index (κ3) is 4.94. The van der Waals surface area contributed by atoms with Gasteiger partial charge in [0.2, 0.25) is 0 Å². The lowest BCUT2D eigenvalue weighted by Crippen LogP contribution is -2.16. The lowest BCUT2D eigenvalue weighted by molar-refractivity contribution is 0.660. The molecule has 2 aliphatic carbocycles. The molecule has 0 radical (unpaired) electrons. The molecule has 0 nitrogen and oxygen atoms in total. The number of fused-ring (bicyclic) bond motifs is 16. The summed E-state index contributed by atoms with van der Waals surface area (Å²) in [6.07, 6.45) is 0. The standard InChI is InChI=1S/C66H46/c1-65(2)56-35-52(39-20-6-5-7-21-39)44-26-12-16-30-48(44)61(56)62-49-31-17-13-27-45(49)53(36-57(62)65)54-37-58-63(50-32-18-14-28-46(50)54)64-51-33-19-15-29-47(51)55(38-59(64)66(58,3)4)60-42-24-10-8-22-40(42)34-41-23-9-11-25-43(41)60/h5-38H,1-4H3. The third-order valence-corrected chi connectivity index (χ3v) is 15.8. The number of hydrogen-bond donors (Lipinski definition) is 0. The Morgan fingerprint density at radius 3 is 0.924 bits per heavy atom. The van der Waals surface area contributed by atoms with Gasteiger partial charge in [0, 0.05) is 10.8 Å². The van der Waals surface area contributed by atoms with Gasteiger partial charge in [-0.1, -0.05) is 204 Å². The summed E-state index contributed by atoms with van der Waals surface area (Å²) in [7, 11) is 0. The quantitative estimate of drug-likeness (QED) is 0.156. The number of rotatable bonds is 3. The lowest BCUT2D eigenvalue weighted by atomic mass is 9.77. The van der Waals surface area contributed by atoms with E-state index in [1.807, 2.05) is 0 Å². The molecule has 0 spiro atoms. The van der Waals surface area contributed by atoms with Crippen LogP contribution in [0.15, 0.2) is 206 Å². The molecule has 0 heteroatoms.